The number of hydrogen-bond acceptors (Lipinski definition) is 5. The van der Waals surface area contributed by atoms with Crippen LogP contribution in [0, 0.1) is 0 Å². The number of rotatable bonds is 2. The Bertz CT molecular complexity index is 649. The van der Waals surface area contributed by atoms with E-state index in [2.05, 4.69) is 26.0 Å². The summed E-state index contributed by atoms with van der Waals surface area (Å²) in [6, 6.07) is 9.08. The van der Waals surface area contributed by atoms with Crippen LogP contribution in [0.2, 0.25) is 0 Å². The number of aromatic amines is 1. The van der Waals surface area contributed by atoms with Crippen LogP contribution in [-0.4, -0.2) is 32.4 Å². The third-order valence-corrected chi connectivity index (χ3v) is 2.54. The fraction of sp³-hybridized carbons (Fsp3) is 0. The van der Waals surface area contributed by atoms with Crippen LogP contribution in [0.3, 0.4) is 0 Å². The summed E-state index contributed by atoms with van der Waals surface area (Å²) >= 11 is 0. The number of nitrogens with zero attached hydrogens (tertiary/aromatic N) is 4. The molecule has 0 atom stereocenters. The Hall–Kier alpha value is -3.03. The van der Waals surface area contributed by atoms with Gasteiger partial charge in [-0.1, -0.05) is 35.4 Å². The number of amides is 2. The highest BCUT2D eigenvalue weighted by atomic mass is 16.2. The molecule has 8 heteroatoms. The molecular weight excluding hydrogens is 248 g/mol. The molecule has 1 aliphatic heterocycles. The Morgan fingerprint density at radius 1 is 1.16 bits per heavy atom. The average Bonchev–Trinajstić information content (AvgIpc) is 3.03. The van der Waals surface area contributed by atoms with Crippen LogP contribution in [0.1, 0.15) is 5.56 Å². The van der Waals surface area contributed by atoms with Gasteiger partial charge in [0.15, 0.2) is 0 Å². The van der Waals surface area contributed by atoms with Crippen molar-refractivity contribution < 1.29 is 9.59 Å². The minimum absolute atomic E-state index is 0.00480. The van der Waals surface area contributed by atoms with Gasteiger partial charge < -0.3 is 0 Å². The van der Waals surface area contributed by atoms with Gasteiger partial charge in [0, 0.05) is 0 Å². The second kappa shape index (κ2) is 4.33. The van der Waals surface area contributed by atoms with Crippen LogP contribution in [-0.2, 0) is 9.59 Å². The van der Waals surface area contributed by atoms with Gasteiger partial charge in [0.05, 0.1) is 0 Å². The zero-order valence-electron chi connectivity index (χ0n) is 9.57. The van der Waals surface area contributed by atoms with Gasteiger partial charge in [-0.2, -0.15) is 10.2 Å². The summed E-state index contributed by atoms with van der Waals surface area (Å²) < 4.78 is 0. The van der Waals surface area contributed by atoms with Crippen molar-refractivity contribution in [1.82, 2.24) is 26.0 Å². The maximum absolute atomic E-state index is 12.1. The van der Waals surface area contributed by atoms with Crippen molar-refractivity contribution in [1.29, 1.82) is 0 Å². The molecule has 1 aromatic heterocycles. The number of carbonyl (C=O) groups excluding carboxylic acids is 2. The lowest BCUT2D eigenvalue weighted by molar-refractivity contribution is -0.117. The number of hydrazine groups is 1. The molecule has 0 aliphatic carbocycles. The minimum Gasteiger partial charge on any atom is -0.267 e. The molecule has 1 aromatic carbocycles. The Morgan fingerprint density at radius 3 is 2.63 bits per heavy atom. The number of benzene rings is 1. The molecule has 3 rings (SSSR count). The molecule has 0 saturated carbocycles. The first-order chi connectivity index (χ1) is 9.25. The van der Waals surface area contributed by atoms with E-state index in [-0.39, 0.29) is 11.5 Å². The van der Waals surface area contributed by atoms with Crippen molar-refractivity contribution in [3.8, 4) is 0 Å². The van der Waals surface area contributed by atoms with Gasteiger partial charge in [0.2, 0.25) is 0 Å². The second-order valence-electron chi connectivity index (χ2n) is 3.76. The fourth-order valence-corrected chi connectivity index (χ4v) is 1.67. The van der Waals surface area contributed by atoms with Crippen molar-refractivity contribution >= 4 is 23.8 Å². The normalized spacial score (nSPS) is 17.1. The molecule has 0 bridgehead atoms. The maximum Gasteiger partial charge on any atom is 0.291 e. The first-order valence-electron chi connectivity index (χ1n) is 5.41. The standard InChI is InChI=1S/C11H8N6O2/c18-9-8(6-7-4-2-1-3-5-7)10(19)17(14-9)11-12-15-16-13-11/h1-6H,(H,14,18)(H,12,13,15,16). The number of nitrogens with one attached hydrogen (secondary N) is 2. The smallest absolute Gasteiger partial charge is 0.267 e. The molecular formula is C11H8N6O2. The Morgan fingerprint density at radius 2 is 1.95 bits per heavy atom. The lowest BCUT2D eigenvalue weighted by Gasteiger charge is -2.07. The Kier molecular flexibility index (Phi) is 2.53. The number of tetrazole rings is 1. The summed E-state index contributed by atoms with van der Waals surface area (Å²) in [6.45, 7) is 0. The summed E-state index contributed by atoms with van der Waals surface area (Å²) in [5.41, 5.74) is 3.15. The van der Waals surface area contributed by atoms with Crippen molar-refractivity contribution in [3.63, 3.8) is 0 Å². The van der Waals surface area contributed by atoms with E-state index in [4.69, 9.17) is 0 Å². The van der Waals surface area contributed by atoms with E-state index in [9.17, 15) is 9.59 Å². The predicted octanol–water partition coefficient (Wildman–Crippen LogP) is -0.339. The fourth-order valence-electron chi connectivity index (χ4n) is 1.67. The van der Waals surface area contributed by atoms with Gasteiger partial charge in [-0.05, 0) is 16.9 Å². The van der Waals surface area contributed by atoms with Crippen molar-refractivity contribution in [2.75, 3.05) is 5.01 Å². The van der Waals surface area contributed by atoms with Crippen molar-refractivity contribution in [2.45, 2.75) is 0 Å². The molecule has 19 heavy (non-hydrogen) atoms. The largest absolute Gasteiger partial charge is 0.291 e. The average molecular weight is 256 g/mol. The maximum atomic E-state index is 12.1. The first-order valence-corrected chi connectivity index (χ1v) is 5.41. The molecule has 1 fully saturated rings. The molecule has 1 saturated heterocycles. The monoisotopic (exact) mass is 256 g/mol. The predicted molar refractivity (Wildman–Crippen MR) is 64.2 cm³/mol. The summed E-state index contributed by atoms with van der Waals surface area (Å²) in [5.74, 6) is -1.02. The van der Waals surface area contributed by atoms with E-state index in [1.54, 1.807) is 12.1 Å². The Balaban J connectivity index is 1.94. The topological polar surface area (TPSA) is 104 Å². The van der Waals surface area contributed by atoms with Crippen LogP contribution in [0.5, 0.6) is 0 Å². The van der Waals surface area contributed by atoms with Gasteiger partial charge in [0.25, 0.3) is 17.8 Å². The van der Waals surface area contributed by atoms with Crippen molar-refractivity contribution in [2.24, 2.45) is 0 Å². The molecule has 0 unspecified atom stereocenters. The molecule has 2 heterocycles. The molecule has 2 amide bonds. The molecule has 0 radical (unpaired) electrons. The number of anilines is 1. The van der Waals surface area contributed by atoms with E-state index in [0.717, 1.165) is 10.6 Å². The number of aromatic nitrogens is 4. The summed E-state index contributed by atoms with van der Waals surface area (Å²) in [5, 5.41) is 13.8. The zero-order chi connectivity index (χ0) is 13.2. The van der Waals surface area contributed by atoms with Gasteiger partial charge >= 0.3 is 0 Å². The number of H-pyrrole nitrogens is 1. The van der Waals surface area contributed by atoms with Gasteiger partial charge in [-0.15, -0.1) is 5.10 Å². The van der Waals surface area contributed by atoms with Crippen LogP contribution >= 0.6 is 0 Å². The summed E-state index contributed by atoms with van der Waals surface area (Å²) in [4.78, 5) is 23.8. The van der Waals surface area contributed by atoms with E-state index >= 15 is 0 Å². The molecule has 8 nitrogen and oxygen atoms in total. The summed E-state index contributed by atoms with van der Waals surface area (Å²) in [7, 11) is 0. The van der Waals surface area contributed by atoms with Crippen molar-refractivity contribution in [3.05, 3.63) is 41.5 Å². The highest BCUT2D eigenvalue weighted by Crippen LogP contribution is 2.17. The third kappa shape index (κ3) is 1.95. The highest BCUT2D eigenvalue weighted by Gasteiger charge is 2.36. The van der Waals surface area contributed by atoms with Crippen LogP contribution in [0.4, 0.5) is 5.95 Å². The second-order valence-corrected chi connectivity index (χ2v) is 3.76. The quantitative estimate of drug-likeness (QED) is 0.565. The molecule has 2 aromatic rings. The highest BCUT2D eigenvalue weighted by molar-refractivity contribution is 6.31. The molecule has 2 N–H and O–H groups in total. The number of hydrogen-bond donors (Lipinski definition) is 2. The van der Waals surface area contributed by atoms with E-state index in [1.807, 2.05) is 18.2 Å². The van der Waals surface area contributed by atoms with Crippen LogP contribution in [0.15, 0.2) is 35.9 Å². The summed E-state index contributed by atoms with van der Waals surface area (Å²) in [6.07, 6.45) is 1.51. The molecule has 1 aliphatic rings. The van der Waals surface area contributed by atoms with Crippen LogP contribution < -0.4 is 10.4 Å². The SMILES string of the molecule is O=C1NN(c2nn[nH]n2)C(=O)C1=Cc1ccccc1. The van der Waals surface area contributed by atoms with Gasteiger partial charge in [0.1, 0.15) is 5.57 Å². The Labute approximate surface area is 107 Å². The molecule has 0 spiro atoms. The lowest BCUT2D eigenvalue weighted by Crippen LogP contribution is -2.36. The minimum atomic E-state index is -0.518. The van der Waals surface area contributed by atoms with Crippen LogP contribution in [0.25, 0.3) is 6.08 Å². The zero-order valence-corrected chi connectivity index (χ0v) is 9.57. The van der Waals surface area contributed by atoms with E-state index < -0.39 is 11.8 Å². The third-order valence-electron chi connectivity index (χ3n) is 2.54. The van der Waals surface area contributed by atoms with Gasteiger partial charge in [-0.3, -0.25) is 15.0 Å². The van der Waals surface area contributed by atoms with E-state index in [0.29, 0.717) is 0 Å². The lowest BCUT2D eigenvalue weighted by atomic mass is 10.1. The first kappa shape index (κ1) is 11.1. The molecule has 94 valence electrons. The van der Waals surface area contributed by atoms with E-state index in [1.165, 1.54) is 6.08 Å². The number of carbonyl (C=O) groups is 2. The van der Waals surface area contributed by atoms with Gasteiger partial charge in [-0.25, -0.2) is 0 Å².